The molecule has 1 saturated carbocycles. The van der Waals surface area contributed by atoms with E-state index in [0.717, 1.165) is 32.2 Å². The Morgan fingerprint density at radius 2 is 1.93 bits per heavy atom. The Morgan fingerprint density at radius 3 is 2.57 bits per heavy atom. The Bertz CT molecular complexity index is 216. The van der Waals surface area contributed by atoms with E-state index < -0.39 is 11.0 Å². The Balaban J connectivity index is 1.95. The van der Waals surface area contributed by atoms with Crippen LogP contribution in [0.2, 0.25) is 0 Å². The third-order valence-electron chi connectivity index (χ3n) is 3.35. The van der Waals surface area contributed by atoms with E-state index in [4.69, 9.17) is 5.11 Å². The minimum Gasteiger partial charge on any atom is -0.395 e. The van der Waals surface area contributed by atoms with Crippen molar-refractivity contribution in [3.8, 4) is 0 Å². The third kappa shape index (κ3) is 2.02. The Morgan fingerprint density at radius 1 is 1.21 bits per heavy atom. The summed E-state index contributed by atoms with van der Waals surface area (Å²) in [5.74, 6) is 0. The van der Waals surface area contributed by atoms with Crippen molar-refractivity contribution in [3.05, 3.63) is 0 Å². The number of nitrogens with zero attached hydrogens (tertiary/aromatic N) is 1. The lowest BCUT2D eigenvalue weighted by molar-refractivity contribution is 0.217. The van der Waals surface area contributed by atoms with E-state index >= 15 is 0 Å². The lowest BCUT2D eigenvalue weighted by Crippen LogP contribution is -2.38. The molecule has 0 amide bonds. The van der Waals surface area contributed by atoms with E-state index in [2.05, 4.69) is 0 Å². The van der Waals surface area contributed by atoms with E-state index in [1.54, 1.807) is 0 Å². The van der Waals surface area contributed by atoms with Crippen molar-refractivity contribution < 1.29 is 9.32 Å². The zero-order valence-electron chi connectivity index (χ0n) is 8.52. The van der Waals surface area contributed by atoms with Gasteiger partial charge in [-0.25, -0.2) is 8.51 Å². The summed E-state index contributed by atoms with van der Waals surface area (Å²) in [5, 5.41) is 9.53. The van der Waals surface area contributed by atoms with Gasteiger partial charge in [0.1, 0.15) is 0 Å². The lowest BCUT2D eigenvalue weighted by atomic mass is 10.2. The SMILES string of the molecule is O=S(C1CCCC1)N1CCC[C@@H]1CO. The van der Waals surface area contributed by atoms with Gasteiger partial charge in [-0.15, -0.1) is 0 Å². The van der Waals surface area contributed by atoms with E-state index in [9.17, 15) is 4.21 Å². The molecule has 0 aromatic heterocycles. The van der Waals surface area contributed by atoms with Gasteiger partial charge in [0, 0.05) is 17.8 Å². The van der Waals surface area contributed by atoms with Gasteiger partial charge in [0.15, 0.2) is 0 Å². The monoisotopic (exact) mass is 217 g/mol. The van der Waals surface area contributed by atoms with Gasteiger partial charge in [-0.3, -0.25) is 0 Å². The molecule has 1 aliphatic carbocycles. The molecule has 2 aliphatic rings. The van der Waals surface area contributed by atoms with Crippen LogP contribution in [-0.2, 0) is 11.0 Å². The molecule has 1 aliphatic heterocycles. The predicted octanol–water partition coefficient (Wildman–Crippen LogP) is 1.05. The van der Waals surface area contributed by atoms with Gasteiger partial charge in [-0.05, 0) is 25.7 Å². The van der Waals surface area contributed by atoms with E-state index in [1.807, 2.05) is 4.31 Å². The summed E-state index contributed by atoms with van der Waals surface area (Å²) < 4.78 is 14.2. The molecule has 2 rings (SSSR count). The summed E-state index contributed by atoms with van der Waals surface area (Å²) in [6.45, 7) is 1.08. The minimum atomic E-state index is -0.827. The number of hydrogen-bond donors (Lipinski definition) is 1. The van der Waals surface area contributed by atoms with Gasteiger partial charge in [-0.1, -0.05) is 12.8 Å². The van der Waals surface area contributed by atoms with Crippen LogP contribution in [-0.4, -0.2) is 38.1 Å². The number of rotatable bonds is 3. The smallest absolute Gasteiger partial charge is 0.0977 e. The van der Waals surface area contributed by atoms with Crippen LogP contribution in [0.1, 0.15) is 38.5 Å². The normalized spacial score (nSPS) is 32.5. The number of aliphatic hydroxyl groups is 1. The molecule has 0 radical (unpaired) electrons. The van der Waals surface area contributed by atoms with Gasteiger partial charge < -0.3 is 5.11 Å². The van der Waals surface area contributed by atoms with Crippen LogP contribution in [0, 0.1) is 0 Å². The van der Waals surface area contributed by atoms with Crippen LogP contribution >= 0.6 is 0 Å². The summed E-state index contributed by atoms with van der Waals surface area (Å²) >= 11 is 0. The molecule has 2 atom stereocenters. The fourth-order valence-corrected chi connectivity index (χ4v) is 4.40. The molecule has 0 spiro atoms. The average Bonchev–Trinajstić information content (AvgIpc) is 2.87. The maximum absolute atomic E-state index is 12.1. The van der Waals surface area contributed by atoms with Crippen molar-refractivity contribution in [2.24, 2.45) is 0 Å². The fourth-order valence-electron chi connectivity index (χ4n) is 2.51. The first kappa shape index (κ1) is 10.6. The van der Waals surface area contributed by atoms with Gasteiger partial charge in [-0.2, -0.15) is 0 Å². The van der Waals surface area contributed by atoms with Gasteiger partial charge >= 0.3 is 0 Å². The highest BCUT2D eigenvalue weighted by Crippen LogP contribution is 2.28. The summed E-state index contributed by atoms with van der Waals surface area (Å²) in [6.07, 6.45) is 6.78. The van der Waals surface area contributed by atoms with Crippen LogP contribution in [0.4, 0.5) is 0 Å². The van der Waals surface area contributed by atoms with Gasteiger partial charge in [0.25, 0.3) is 0 Å². The maximum atomic E-state index is 12.1. The van der Waals surface area contributed by atoms with E-state index in [-0.39, 0.29) is 12.6 Å². The molecule has 14 heavy (non-hydrogen) atoms. The molecule has 82 valence electrons. The predicted molar refractivity (Wildman–Crippen MR) is 57.2 cm³/mol. The zero-order valence-corrected chi connectivity index (χ0v) is 9.34. The largest absolute Gasteiger partial charge is 0.395 e. The van der Waals surface area contributed by atoms with Crippen molar-refractivity contribution >= 4 is 11.0 Å². The van der Waals surface area contributed by atoms with Crippen molar-refractivity contribution in [1.29, 1.82) is 0 Å². The Labute approximate surface area is 88.1 Å². The van der Waals surface area contributed by atoms with E-state index in [1.165, 1.54) is 12.8 Å². The average molecular weight is 217 g/mol. The lowest BCUT2D eigenvalue weighted by Gasteiger charge is -2.24. The molecule has 1 unspecified atom stereocenters. The molecule has 2 fully saturated rings. The molecule has 1 saturated heterocycles. The van der Waals surface area contributed by atoms with Crippen molar-refractivity contribution in [2.45, 2.75) is 49.8 Å². The van der Waals surface area contributed by atoms with Crippen LogP contribution < -0.4 is 0 Å². The Kier molecular flexibility index (Phi) is 3.57. The number of aliphatic hydroxyl groups excluding tert-OH is 1. The van der Waals surface area contributed by atoms with E-state index in [0.29, 0.717) is 5.25 Å². The van der Waals surface area contributed by atoms with Crippen LogP contribution in [0.25, 0.3) is 0 Å². The second-order valence-electron chi connectivity index (χ2n) is 4.30. The molecule has 0 aromatic carbocycles. The molecule has 0 bridgehead atoms. The standard InChI is InChI=1S/C10H19NO2S/c12-8-9-4-3-7-11(9)14(13)10-5-1-2-6-10/h9-10,12H,1-8H2/t9-,14?/m1/s1. The minimum absolute atomic E-state index is 0.163. The second kappa shape index (κ2) is 4.73. The van der Waals surface area contributed by atoms with Crippen LogP contribution in [0.3, 0.4) is 0 Å². The number of hydrogen-bond acceptors (Lipinski definition) is 2. The molecule has 0 aromatic rings. The Hall–Kier alpha value is 0.0700. The molecule has 1 N–H and O–H groups in total. The highest BCUT2D eigenvalue weighted by molar-refractivity contribution is 7.83. The summed E-state index contributed by atoms with van der Waals surface area (Å²) in [4.78, 5) is 0. The first-order valence-corrected chi connectivity index (χ1v) is 6.78. The third-order valence-corrected chi connectivity index (χ3v) is 5.34. The second-order valence-corrected chi connectivity index (χ2v) is 5.99. The van der Waals surface area contributed by atoms with Gasteiger partial charge in [0.2, 0.25) is 0 Å². The van der Waals surface area contributed by atoms with Crippen molar-refractivity contribution in [3.63, 3.8) is 0 Å². The quantitative estimate of drug-likeness (QED) is 0.767. The molecule has 1 heterocycles. The topological polar surface area (TPSA) is 40.5 Å². The highest BCUT2D eigenvalue weighted by atomic mass is 32.2. The molecule has 4 heteroatoms. The highest BCUT2D eigenvalue weighted by Gasteiger charge is 2.33. The first-order chi connectivity index (χ1) is 6.83. The summed E-state index contributed by atoms with van der Waals surface area (Å²) in [5.41, 5.74) is 0. The van der Waals surface area contributed by atoms with Crippen molar-refractivity contribution in [1.82, 2.24) is 4.31 Å². The summed E-state index contributed by atoms with van der Waals surface area (Å²) in [7, 11) is -0.827. The molecular weight excluding hydrogens is 198 g/mol. The van der Waals surface area contributed by atoms with Crippen LogP contribution in [0.15, 0.2) is 0 Å². The first-order valence-electron chi connectivity index (χ1n) is 5.61. The van der Waals surface area contributed by atoms with Crippen molar-refractivity contribution in [2.75, 3.05) is 13.2 Å². The molecular formula is C10H19NO2S. The molecule has 3 nitrogen and oxygen atoms in total. The zero-order chi connectivity index (χ0) is 9.97. The maximum Gasteiger partial charge on any atom is 0.0977 e. The van der Waals surface area contributed by atoms with Gasteiger partial charge in [0.05, 0.1) is 17.6 Å². The summed E-state index contributed by atoms with van der Waals surface area (Å²) in [6, 6.07) is 0.163. The van der Waals surface area contributed by atoms with Crippen LogP contribution in [0.5, 0.6) is 0 Å². The fraction of sp³-hybridized carbons (Fsp3) is 1.00.